The first kappa shape index (κ1) is 15.3. The third-order valence-electron chi connectivity index (χ3n) is 2.64. The van der Waals surface area contributed by atoms with E-state index in [1.165, 1.54) is 12.1 Å². The number of nitrogens with one attached hydrogen (secondary N) is 1. The zero-order valence-electron chi connectivity index (χ0n) is 10.3. The molecule has 0 aromatic heterocycles. The van der Waals surface area contributed by atoms with Crippen molar-refractivity contribution in [2.75, 3.05) is 32.0 Å². The molecule has 0 fully saturated rings. The first-order valence-corrected chi connectivity index (χ1v) is 6.43. The molecule has 6 heteroatoms. The number of alkyl halides is 3. The number of rotatable bonds is 5. The summed E-state index contributed by atoms with van der Waals surface area (Å²) in [6.07, 6.45) is -4.33. The lowest BCUT2D eigenvalue weighted by molar-refractivity contribution is -0.137. The van der Waals surface area contributed by atoms with Crippen LogP contribution >= 0.6 is 15.9 Å². The maximum Gasteiger partial charge on any atom is 0.418 e. The second-order valence-electron chi connectivity index (χ2n) is 4.01. The van der Waals surface area contributed by atoms with Crippen LogP contribution in [0.25, 0.3) is 0 Å². The Hall–Kier alpha value is -0.750. The fourth-order valence-electron chi connectivity index (χ4n) is 1.45. The zero-order chi connectivity index (χ0) is 13.8. The van der Waals surface area contributed by atoms with Crippen molar-refractivity contribution in [2.24, 2.45) is 0 Å². The quantitative estimate of drug-likeness (QED) is 0.885. The molecule has 0 atom stereocenters. The summed E-state index contributed by atoms with van der Waals surface area (Å²) in [6.45, 7) is 4.04. The van der Waals surface area contributed by atoms with E-state index < -0.39 is 11.7 Å². The van der Waals surface area contributed by atoms with Gasteiger partial charge in [0.05, 0.1) is 5.56 Å². The molecule has 0 amide bonds. The third kappa shape index (κ3) is 4.49. The predicted octanol–water partition coefficient (Wildman–Crippen LogP) is 3.83. The van der Waals surface area contributed by atoms with E-state index in [1.54, 1.807) is 0 Å². The van der Waals surface area contributed by atoms with Gasteiger partial charge in [-0.3, -0.25) is 0 Å². The molecule has 0 spiro atoms. The molecule has 0 aliphatic heterocycles. The molecule has 0 aliphatic carbocycles. The number of halogens is 4. The first-order valence-electron chi connectivity index (χ1n) is 5.63. The molecule has 0 saturated heterocycles. The number of benzene rings is 1. The van der Waals surface area contributed by atoms with Crippen LogP contribution in [-0.4, -0.2) is 31.6 Å². The lowest BCUT2D eigenvalue weighted by atomic mass is 10.1. The molecular weight excluding hydrogens is 309 g/mol. The van der Waals surface area contributed by atoms with E-state index in [0.29, 0.717) is 17.6 Å². The Kier molecular flexibility index (Phi) is 5.47. The minimum Gasteiger partial charge on any atom is -0.383 e. The van der Waals surface area contributed by atoms with E-state index >= 15 is 0 Å². The van der Waals surface area contributed by atoms with Crippen molar-refractivity contribution in [2.45, 2.75) is 13.1 Å². The predicted molar refractivity (Wildman–Crippen MR) is 70.8 cm³/mol. The molecule has 1 aromatic rings. The van der Waals surface area contributed by atoms with E-state index in [-0.39, 0.29) is 5.69 Å². The molecule has 0 saturated carbocycles. The van der Waals surface area contributed by atoms with Gasteiger partial charge >= 0.3 is 6.18 Å². The van der Waals surface area contributed by atoms with E-state index in [2.05, 4.69) is 21.2 Å². The Balaban J connectivity index is 2.77. The number of hydrogen-bond donors (Lipinski definition) is 1. The smallest absolute Gasteiger partial charge is 0.383 e. The summed E-state index contributed by atoms with van der Waals surface area (Å²) < 4.78 is 38.9. The van der Waals surface area contributed by atoms with Gasteiger partial charge in [-0.05, 0) is 31.8 Å². The van der Waals surface area contributed by atoms with Crippen molar-refractivity contribution >= 4 is 21.6 Å². The molecule has 1 N–H and O–H groups in total. The Labute approximate surface area is 113 Å². The van der Waals surface area contributed by atoms with Crippen LogP contribution in [0.4, 0.5) is 18.9 Å². The van der Waals surface area contributed by atoms with Crippen LogP contribution < -0.4 is 5.32 Å². The number of likely N-dealkylation sites (N-methyl/N-ethyl adjacent to an activating group) is 1. The molecule has 18 heavy (non-hydrogen) atoms. The maximum absolute atomic E-state index is 12.8. The SMILES string of the molecule is CCN(C)CCNc1cc(Br)ccc1C(F)(F)F. The minimum absolute atomic E-state index is 0.112. The molecule has 1 aromatic carbocycles. The summed E-state index contributed by atoms with van der Waals surface area (Å²) >= 11 is 3.18. The summed E-state index contributed by atoms with van der Waals surface area (Å²) in [5.41, 5.74) is -0.522. The highest BCUT2D eigenvalue weighted by molar-refractivity contribution is 9.10. The molecule has 0 unspecified atom stereocenters. The van der Waals surface area contributed by atoms with Crippen molar-refractivity contribution in [3.8, 4) is 0 Å². The van der Waals surface area contributed by atoms with Crippen molar-refractivity contribution in [1.29, 1.82) is 0 Å². The number of hydrogen-bond acceptors (Lipinski definition) is 2. The normalized spacial score (nSPS) is 11.9. The van der Waals surface area contributed by atoms with Gasteiger partial charge in [0.2, 0.25) is 0 Å². The summed E-state index contributed by atoms with van der Waals surface area (Å²) in [5, 5.41) is 2.83. The van der Waals surface area contributed by atoms with Gasteiger partial charge in [-0.15, -0.1) is 0 Å². The third-order valence-corrected chi connectivity index (χ3v) is 3.13. The molecule has 0 heterocycles. The van der Waals surface area contributed by atoms with Crippen molar-refractivity contribution < 1.29 is 13.2 Å². The summed E-state index contributed by atoms with van der Waals surface area (Å²) in [5.74, 6) is 0. The van der Waals surface area contributed by atoms with Gasteiger partial charge in [-0.25, -0.2) is 0 Å². The highest BCUT2D eigenvalue weighted by Gasteiger charge is 2.33. The lowest BCUT2D eigenvalue weighted by Gasteiger charge is -2.18. The van der Waals surface area contributed by atoms with Crippen molar-refractivity contribution in [1.82, 2.24) is 4.90 Å². The fourth-order valence-corrected chi connectivity index (χ4v) is 1.81. The van der Waals surface area contributed by atoms with Gasteiger partial charge in [0.25, 0.3) is 0 Å². The van der Waals surface area contributed by atoms with Crippen molar-refractivity contribution in [3.05, 3.63) is 28.2 Å². The number of nitrogens with zero attached hydrogens (tertiary/aromatic N) is 1. The zero-order valence-corrected chi connectivity index (χ0v) is 11.9. The van der Waals surface area contributed by atoms with E-state index in [1.807, 2.05) is 18.9 Å². The van der Waals surface area contributed by atoms with E-state index in [0.717, 1.165) is 12.6 Å². The minimum atomic E-state index is -4.33. The lowest BCUT2D eigenvalue weighted by Crippen LogP contribution is -2.25. The highest BCUT2D eigenvalue weighted by Crippen LogP contribution is 2.36. The van der Waals surface area contributed by atoms with Crippen LogP contribution in [0.15, 0.2) is 22.7 Å². The van der Waals surface area contributed by atoms with Gasteiger partial charge in [0.1, 0.15) is 0 Å². The largest absolute Gasteiger partial charge is 0.418 e. The monoisotopic (exact) mass is 324 g/mol. The van der Waals surface area contributed by atoms with Crippen LogP contribution in [0.1, 0.15) is 12.5 Å². The Morgan fingerprint density at radius 2 is 2.00 bits per heavy atom. The first-order chi connectivity index (χ1) is 8.34. The average molecular weight is 325 g/mol. The van der Waals surface area contributed by atoms with Crippen LogP contribution in [-0.2, 0) is 6.18 Å². The molecule has 0 bridgehead atoms. The van der Waals surface area contributed by atoms with Gasteiger partial charge in [-0.1, -0.05) is 22.9 Å². The average Bonchev–Trinajstić information content (AvgIpc) is 2.27. The Bertz CT molecular complexity index is 393. The molecule has 1 rings (SSSR count). The van der Waals surface area contributed by atoms with Crippen molar-refractivity contribution in [3.63, 3.8) is 0 Å². The summed E-state index contributed by atoms with van der Waals surface area (Å²) in [6, 6.07) is 3.93. The second kappa shape index (κ2) is 6.43. The highest BCUT2D eigenvalue weighted by atomic mass is 79.9. The fraction of sp³-hybridized carbons (Fsp3) is 0.500. The summed E-state index contributed by atoms with van der Waals surface area (Å²) in [7, 11) is 1.92. The van der Waals surface area contributed by atoms with Gasteiger partial charge < -0.3 is 10.2 Å². The molecule has 102 valence electrons. The second-order valence-corrected chi connectivity index (χ2v) is 4.93. The van der Waals surface area contributed by atoms with E-state index in [4.69, 9.17) is 0 Å². The Morgan fingerprint density at radius 1 is 1.33 bits per heavy atom. The van der Waals surface area contributed by atoms with Crippen LogP contribution in [0, 0.1) is 0 Å². The van der Waals surface area contributed by atoms with Crippen LogP contribution in [0.2, 0.25) is 0 Å². The molecule has 2 nitrogen and oxygen atoms in total. The standard InChI is InChI=1S/C12H16BrF3N2/c1-3-18(2)7-6-17-11-8-9(13)4-5-10(11)12(14,15)16/h4-5,8,17H,3,6-7H2,1-2H3. The molecular formula is C12H16BrF3N2. The topological polar surface area (TPSA) is 15.3 Å². The van der Waals surface area contributed by atoms with Gasteiger partial charge in [0.15, 0.2) is 0 Å². The van der Waals surface area contributed by atoms with E-state index in [9.17, 15) is 13.2 Å². The summed E-state index contributed by atoms with van der Waals surface area (Å²) in [4.78, 5) is 2.03. The van der Waals surface area contributed by atoms with Gasteiger partial charge in [-0.2, -0.15) is 13.2 Å². The van der Waals surface area contributed by atoms with Gasteiger partial charge in [0, 0.05) is 23.2 Å². The van der Waals surface area contributed by atoms with Crippen LogP contribution in [0.5, 0.6) is 0 Å². The molecule has 0 radical (unpaired) electrons. The number of anilines is 1. The van der Waals surface area contributed by atoms with Crippen LogP contribution in [0.3, 0.4) is 0 Å². The molecule has 0 aliphatic rings. The maximum atomic E-state index is 12.8. The Morgan fingerprint density at radius 3 is 2.56 bits per heavy atom.